The van der Waals surface area contributed by atoms with Gasteiger partial charge in [-0.15, -0.1) is 0 Å². The smallest absolute Gasteiger partial charge is 0.313 e. The van der Waals surface area contributed by atoms with Gasteiger partial charge in [-0.1, -0.05) is 73.2 Å². The first-order valence-corrected chi connectivity index (χ1v) is 16.5. The molecule has 2 aromatic rings. The van der Waals surface area contributed by atoms with Crippen molar-refractivity contribution in [3.05, 3.63) is 89.5 Å². The summed E-state index contributed by atoms with van der Waals surface area (Å²) in [6, 6.07) is 13.7. The second-order valence-corrected chi connectivity index (χ2v) is 13.1. The summed E-state index contributed by atoms with van der Waals surface area (Å²) in [6.45, 7) is 3.44. The van der Waals surface area contributed by atoms with Crippen molar-refractivity contribution in [2.75, 3.05) is 25.1 Å². The van der Waals surface area contributed by atoms with Crippen LogP contribution in [0.4, 0.5) is 5.69 Å². The number of allylic oxidation sites excluding steroid dienone is 1. The third kappa shape index (κ3) is 5.66. The van der Waals surface area contributed by atoms with E-state index in [9.17, 15) is 24.3 Å². The van der Waals surface area contributed by atoms with E-state index in [-0.39, 0.29) is 25.5 Å². The van der Waals surface area contributed by atoms with Crippen LogP contribution < -0.4 is 4.90 Å². The second-order valence-electron chi connectivity index (χ2n) is 12.6. The highest BCUT2D eigenvalue weighted by Crippen LogP contribution is 2.56. The fourth-order valence-electron chi connectivity index (χ4n) is 7.46. The predicted octanol–water partition coefficient (Wildman–Crippen LogP) is 4.08. The molecule has 2 saturated heterocycles. The number of halogens is 1. The number of fused-ring (bicyclic) bond motifs is 2. The number of esters is 1. The molecule has 2 fully saturated rings. The van der Waals surface area contributed by atoms with Crippen LogP contribution in [0.15, 0.2) is 78.9 Å². The average molecular weight is 662 g/mol. The highest BCUT2D eigenvalue weighted by atomic mass is 35.5. The average Bonchev–Trinajstić information content (AvgIpc) is 3.73. The molecule has 2 aromatic carbocycles. The van der Waals surface area contributed by atoms with Crippen LogP contribution in [0.1, 0.15) is 44.8 Å². The Labute approximate surface area is 279 Å². The first kappa shape index (κ1) is 32.9. The number of amides is 3. The zero-order chi connectivity index (χ0) is 33.5. The summed E-state index contributed by atoms with van der Waals surface area (Å²) in [5.41, 5.74) is -0.194. The summed E-state index contributed by atoms with van der Waals surface area (Å²) in [4.78, 5) is 61.5. The number of cyclic esters (lactones) is 1. The van der Waals surface area contributed by atoms with Crippen molar-refractivity contribution >= 4 is 41.0 Å². The number of aliphatic hydroxyl groups excluding tert-OH is 1. The van der Waals surface area contributed by atoms with E-state index in [4.69, 9.17) is 21.1 Å². The van der Waals surface area contributed by atoms with Gasteiger partial charge in [0.2, 0.25) is 11.8 Å². The molecule has 3 amide bonds. The highest BCUT2D eigenvalue weighted by molar-refractivity contribution is 6.30. The molecule has 1 spiro atoms. The molecule has 11 heteroatoms. The Morgan fingerprint density at radius 1 is 1.02 bits per heavy atom. The normalized spacial score (nSPS) is 32.5. The van der Waals surface area contributed by atoms with E-state index in [1.165, 1.54) is 4.90 Å². The number of hydrogen-bond donors (Lipinski definition) is 1. The number of rotatable bonds is 5. The van der Waals surface area contributed by atoms with Crippen LogP contribution in [0.3, 0.4) is 0 Å². The number of ether oxygens (including phenoxy) is 2. The Bertz CT molecular complexity index is 1580. The summed E-state index contributed by atoms with van der Waals surface area (Å²) in [7, 11) is 1.69. The summed E-state index contributed by atoms with van der Waals surface area (Å²) < 4.78 is 12.8. The van der Waals surface area contributed by atoms with Crippen LogP contribution in [0, 0.1) is 11.8 Å². The van der Waals surface area contributed by atoms with Crippen LogP contribution in [0.25, 0.3) is 0 Å². The molecule has 6 rings (SSSR count). The molecule has 0 unspecified atom stereocenters. The van der Waals surface area contributed by atoms with Crippen molar-refractivity contribution in [2.45, 2.75) is 69.0 Å². The number of nitrogens with zero attached hydrogens (tertiary/aromatic N) is 3. The molecule has 248 valence electrons. The standard InChI is InChI=1S/C36H40ClN3O7/c1-4-25(21-41)40-32-34(44)39(26-16-14-24(37)15-17-26)20-10-6-9-13-28(42)38(3)22(2)31(23-11-7-5-8-12-23)46-35(45)29-27-18-19-36(32,47-27)30(29)33(40)43/h5-8,10-12,14-19,22,25,27,29-32,41H,4,9,13,20-21H2,1-3H3/b10-6-/t22-,25-,27+,29-,30-,31+,32+,36-/m0/s1. The molecule has 8 atom stereocenters. The molecule has 4 heterocycles. The number of carbonyl (C=O) groups excluding carboxylic acids is 4. The van der Waals surface area contributed by atoms with E-state index in [2.05, 4.69) is 0 Å². The number of benzene rings is 2. The van der Waals surface area contributed by atoms with Crippen LogP contribution in [-0.4, -0.2) is 88.6 Å². The van der Waals surface area contributed by atoms with Gasteiger partial charge in [-0.2, -0.15) is 0 Å². The van der Waals surface area contributed by atoms with E-state index >= 15 is 0 Å². The Morgan fingerprint density at radius 2 is 1.74 bits per heavy atom. The van der Waals surface area contributed by atoms with Gasteiger partial charge in [0.25, 0.3) is 5.91 Å². The number of likely N-dealkylation sites (tertiary alicyclic amines) is 1. The minimum absolute atomic E-state index is 0.126. The molecule has 47 heavy (non-hydrogen) atoms. The van der Waals surface area contributed by atoms with Crippen LogP contribution in [-0.2, 0) is 28.7 Å². The van der Waals surface area contributed by atoms with Gasteiger partial charge in [-0.3, -0.25) is 19.2 Å². The molecule has 0 radical (unpaired) electrons. The predicted molar refractivity (Wildman–Crippen MR) is 175 cm³/mol. The van der Waals surface area contributed by atoms with Gasteiger partial charge in [0.15, 0.2) is 0 Å². The van der Waals surface area contributed by atoms with Crippen LogP contribution in [0.2, 0.25) is 5.02 Å². The number of hydrogen-bond acceptors (Lipinski definition) is 7. The SMILES string of the molecule is CC[C@@H](CO)N1C(=O)[C@@H]2[C@H]3C(=O)O[C@@H](c4ccccc4)[C@H](C)N(C)C(=O)CC/C=C\CN(c4ccc(Cl)cc4)C(=O)[C@@H]1[C@]21C=C[C@H]3O1. The lowest BCUT2D eigenvalue weighted by Gasteiger charge is -2.38. The molecule has 4 aliphatic rings. The van der Waals surface area contributed by atoms with E-state index in [0.717, 1.165) is 0 Å². The highest BCUT2D eigenvalue weighted by Gasteiger charge is 2.74. The van der Waals surface area contributed by atoms with Gasteiger partial charge in [-0.25, -0.2) is 0 Å². The minimum atomic E-state index is -1.45. The van der Waals surface area contributed by atoms with Gasteiger partial charge in [0.1, 0.15) is 23.7 Å². The summed E-state index contributed by atoms with van der Waals surface area (Å²) in [5, 5.41) is 10.9. The summed E-state index contributed by atoms with van der Waals surface area (Å²) >= 11 is 6.19. The van der Waals surface area contributed by atoms with Crippen LogP contribution in [0.5, 0.6) is 0 Å². The van der Waals surface area contributed by atoms with E-state index in [1.54, 1.807) is 53.3 Å². The summed E-state index contributed by atoms with van der Waals surface area (Å²) in [5.74, 6) is -3.73. The molecule has 0 aliphatic carbocycles. The van der Waals surface area contributed by atoms with Crippen molar-refractivity contribution in [3.63, 3.8) is 0 Å². The molecule has 1 N–H and O–H groups in total. The molecule has 0 saturated carbocycles. The third-order valence-electron chi connectivity index (χ3n) is 10.1. The molecular formula is C36H40ClN3O7. The van der Waals surface area contributed by atoms with Gasteiger partial charge in [-0.05, 0) is 49.6 Å². The lowest BCUT2D eigenvalue weighted by molar-refractivity contribution is -0.164. The van der Waals surface area contributed by atoms with Gasteiger partial charge in [0.05, 0.1) is 30.7 Å². The zero-order valence-corrected chi connectivity index (χ0v) is 27.5. The lowest BCUT2D eigenvalue weighted by Crippen LogP contribution is -2.58. The monoisotopic (exact) mass is 661 g/mol. The maximum absolute atomic E-state index is 14.8. The van der Waals surface area contributed by atoms with Gasteiger partial charge in [0, 0.05) is 30.7 Å². The first-order chi connectivity index (χ1) is 22.6. The van der Waals surface area contributed by atoms with Crippen molar-refractivity contribution in [3.8, 4) is 0 Å². The van der Waals surface area contributed by atoms with Crippen molar-refractivity contribution < 1.29 is 33.8 Å². The second kappa shape index (κ2) is 13.3. The minimum Gasteiger partial charge on any atom is -0.455 e. The quantitative estimate of drug-likeness (QED) is 0.379. The maximum Gasteiger partial charge on any atom is 0.313 e. The molecular weight excluding hydrogens is 622 g/mol. The molecule has 5 bridgehead atoms. The van der Waals surface area contributed by atoms with E-state index < -0.39 is 65.6 Å². The van der Waals surface area contributed by atoms with E-state index in [1.807, 2.05) is 56.3 Å². The van der Waals surface area contributed by atoms with Gasteiger partial charge >= 0.3 is 5.97 Å². The Hall–Kier alpha value is -3.99. The van der Waals surface area contributed by atoms with Gasteiger partial charge < -0.3 is 29.3 Å². The molecule has 10 nitrogen and oxygen atoms in total. The number of aliphatic hydroxyl groups is 1. The fourth-order valence-corrected chi connectivity index (χ4v) is 7.58. The van der Waals surface area contributed by atoms with Crippen molar-refractivity contribution in [2.24, 2.45) is 11.8 Å². The maximum atomic E-state index is 14.8. The lowest BCUT2D eigenvalue weighted by atomic mass is 9.74. The Balaban J connectivity index is 1.48. The molecule has 4 aliphatic heterocycles. The van der Waals surface area contributed by atoms with Crippen molar-refractivity contribution in [1.29, 1.82) is 0 Å². The largest absolute Gasteiger partial charge is 0.455 e. The topological polar surface area (TPSA) is 117 Å². The number of anilines is 1. The molecule has 0 aromatic heterocycles. The van der Waals surface area contributed by atoms with Crippen LogP contribution >= 0.6 is 11.6 Å². The Kier molecular flexibility index (Phi) is 9.29. The zero-order valence-electron chi connectivity index (χ0n) is 26.7. The fraction of sp³-hybridized carbons (Fsp3) is 0.444. The Morgan fingerprint density at radius 3 is 2.43 bits per heavy atom. The number of carbonyl (C=O) groups is 4. The van der Waals surface area contributed by atoms with E-state index in [0.29, 0.717) is 29.1 Å². The van der Waals surface area contributed by atoms with Crippen molar-refractivity contribution in [1.82, 2.24) is 9.80 Å². The third-order valence-corrected chi connectivity index (χ3v) is 10.3. The number of likely N-dealkylation sites (N-methyl/N-ethyl adjacent to an activating group) is 1. The summed E-state index contributed by atoms with van der Waals surface area (Å²) in [6.07, 6.45) is 6.56. The first-order valence-electron chi connectivity index (χ1n) is 16.2.